The number of aromatic nitrogens is 2. The van der Waals surface area contributed by atoms with E-state index in [-0.39, 0.29) is 35.5 Å². The molecule has 8 nitrogen and oxygen atoms in total. The minimum Gasteiger partial charge on any atom is -0.466 e. The molecule has 34 heavy (non-hydrogen) atoms. The van der Waals surface area contributed by atoms with Crippen molar-refractivity contribution in [3.8, 4) is 0 Å². The lowest BCUT2D eigenvalue weighted by Crippen LogP contribution is -2.64. The van der Waals surface area contributed by atoms with E-state index in [1.807, 2.05) is 48.6 Å². The van der Waals surface area contributed by atoms with E-state index in [2.05, 4.69) is 20.2 Å². The van der Waals surface area contributed by atoms with Gasteiger partial charge in [-0.2, -0.15) is 10.2 Å². The first-order valence-corrected chi connectivity index (χ1v) is 11.2. The van der Waals surface area contributed by atoms with Gasteiger partial charge in [-0.3, -0.25) is 9.97 Å². The van der Waals surface area contributed by atoms with Crippen LogP contribution in [0.3, 0.4) is 0 Å². The van der Waals surface area contributed by atoms with Crippen LogP contribution < -0.4 is 0 Å². The fourth-order valence-corrected chi connectivity index (χ4v) is 6.30. The van der Waals surface area contributed by atoms with Gasteiger partial charge in [0.2, 0.25) is 0 Å². The number of nitrogens with zero attached hydrogens (tertiary/aromatic N) is 4. The summed E-state index contributed by atoms with van der Waals surface area (Å²) in [4.78, 5) is 34.8. The third-order valence-corrected chi connectivity index (χ3v) is 7.53. The zero-order chi connectivity index (χ0) is 23.4. The number of rotatable bonds is 4. The van der Waals surface area contributed by atoms with Crippen molar-refractivity contribution in [3.63, 3.8) is 0 Å². The lowest BCUT2D eigenvalue weighted by atomic mass is 9.40. The number of ether oxygens (including phenoxy) is 2. The molecule has 0 amide bonds. The molecule has 4 aliphatic carbocycles. The van der Waals surface area contributed by atoms with Crippen LogP contribution in [0.15, 0.2) is 82.3 Å². The van der Waals surface area contributed by atoms with Gasteiger partial charge >= 0.3 is 11.9 Å². The van der Waals surface area contributed by atoms with E-state index in [0.29, 0.717) is 11.1 Å². The molecular weight excluding hydrogens is 432 g/mol. The van der Waals surface area contributed by atoms with Crippen LogP contribution in [0.4, 0.5) is 0 Å². The molecule has 7 rings (SSSR count). The van der Waals surface area contributed by atoms with Crippen LogP contribution in [0.2, 0.25) is 0 Å². The van der Waals surface area contributed by atoms with E-state index in [1.54, 1.807) is 12.4 Å². The largest absolute Gasteiger partial charge is 0.466 e. The van der Waals surface area contributed by atoms with Gasteiger partial charge in [-0.15, -0.1) is 0 Å². The summed E-state index contributed by atoms with van der Waals surface area (Å²) < 4.78 is 10.2. The van der Waals surface area contributed by atoms with Crippen molar-refractivity contribution < 1.29 is 19.1 Å². The van der Waals surface area contributed by atoms with Crippen LogP contribution in [0, 0.1) is 35.5 Å². The highest BCUT2D eigenvalue weighted by molar-refractivity contribution is 6.13. The lowest BCUT2D eigenvalue weighted by Gasteiger charge is -2.62. The minimum atomic E-state index is -0.493. The Kier molecular flexibility index (Phi) is 4.76. The maximum Gasteiger partial charge on any atom is 0.334 e. The van der Waals surface area contributed by atoms with Gasteiger partial charge in [-0.25, -0.2) is 9.59 Å². The first-order valence-electron chi connectivity index (χ1n) is 11.2. The second-order valence-corrected chi connectivity index (χ2v) is 8.85. The van der Waals surface area contributed by atoms with Gasteiger partial charge in [0.1, 0.15) is 0 Å². The second-order valence-electron chi connectivity index (χ2n) is 8.85. The maximum absolute atomic E-state index is 12.9. The molecule has 3 heterocycles. The van der Waals surface area contributed by atoms with Crippen LogP contribution in [0.1, 0.15) is 11.4 Å². The molecule has 2 aromatic heterocycles. The molecule has 0 spiro atoms. The Morgan fingerprint density at radius 1 is 0.706 bits per heavy atom. The standard InChI is InChI=1S/C26H22N4O4/c1-33-25(31)19-13-9-10-14(20(19)26(32)34-2)18-17(13)21-22(18)24(16-8-4-6-12-28-16)30-29-23(21)15-7-3-5-11-27-15/h3-14,17-18,21-22H,1-2H3. The number of pyridine rings is 2. The average Bonchev–Trinajstić information content (AvgIpc) is 2.89. The second kappa shape index (κ2) is 7.83. The highest BCUT2D eigenvalue weighted by Gasteiger charge is 2.66. The molecule has 0 N–H and O–H groups in total. The zero-order valence-electron chi connectivity index (χ0n) is 18.7. The van der Waals surface area contributed by atoms with Crippen molar-refractivity contribution in [1.82, 2.24) is 9.97 Å². The summed E-state index contributed by atoms with van der Waals surface area (Å²) in [6.07, 6.45) is 7.54. The summed E-state index contributed by atoms with van der Waals surface area (Å²) in [6.45, 7) is 0. The number of allylic oxidation sites excluding steroid dienone is 2. The van der Waals surface area contributed by atoms with E-state index in [1.165, 1.54) is 14.2 Å². The van der Waals surface area contributed by atoms with Crippen molar-refractivity contribution in [2.24, 2.45) is 45.7 Å². The van der Waals surface area contributed by atoms with E-state index in [0.717, 1.165) is 22.8 Å². The van der Waals surface area contributed by atoms with Gasteiger partial charge in [-0.05, 0) is 36.1 Å². The van der Waals surface area contributed by atoms with E-state index in [4.69, 9.17) is 9.47 Å². The normalized spacial score (nSPS) is 30.4. The quantitative estimate of drug-likeness (QED) is 0.520. The number of carbonyl (C=O) groups excluding carboxylic acids is 2. The van der Waals surface area contributed by atoms with Crippen LogP contribution >= 0.6 is 0 Å². The molecule has 8 heteroatoms. The minimum absolute atomic E-state index is 0.0225. The topological polar surface area (TPSA) is 103 Å². The molecule has 170 valence electrons. The van der Waals surface area contributed by atoms with Crippen LogP contribution in [0.5, 0.6) is 0 Å². The number of hydrogen-bond acceptors (Lipinski definition) is 8. The highest BCUT2D eigenvalue weighted by atomic mass is 16.5. The Hall–Kier alpha value is -3.94. The Morgan fingerprint density at radius 3 is 1.50 bits per heavy atom. The van der Waals surface area contributed by atoms with Crippen LogP contribution in [-0.2, 0) is 19.1 Å². The predicted octanol–water partition coefficient (Wildman–Crippen LogP) is 2.62. The Labute approximate surface area is 196 Å². The molecular formula is C26H22N4O4. The van der Waals surface area contributed by atoms with Gasteiger partial charge in [0.25, 0.3) is 0 Å². The molecule has 0 aromatic carbocycles. The van der Waals surface area contributed by atoms with Crippen molar-refractivity contribution in [1.29, 1.82) is 0 Å². The van der Waals surface area contributed by atoms with Gasteiger partial charge in [-0.1, -0.05) is 24.3 Å². The number of carbonyl (C=O) groups is 2. The van der Waals surface area contributed by atoms with E-state index >= 15 is 0 Å². The monoisotopic (exact) mass is 454 g/mol. The summed E-state index contributed by atoms with van der Waals surface area (Å²) in [5.74, 6) is -1.49. The molecule has 1 saturated carbocycles. The van der Waals surface area contributed by atoms with Gasteiger partial charge in [0.15, 0.2) is 0 Å². The Bertz CT molecular complexity index is 1200. The Morgan fingerprint density at radius 2 is 1.15 bits per heavy atom. The van der Waals surface area contributed by atoms with Crippen LogP contribution in [0.25, 0.3) is 0 Å². The molecule has 0 radical (unpaired) electrons. The molecule has 1 aliphatic heterocycles. The molecule has 2 bridgehead atoms. The fraction of sp³-hybridized carbons (Fsp3) is 0.308. The molecule has 1 fully saturated rings. The van der Waals surface area contributed by atoms with E-state index < -0.39 is 11.9 Å². The maximum atomic E-state index is 12.9. The predicted molar refractivity (Wildman–Crippen MR) is 123 cm³/mol. The Balaban J connectivity index is 1.52. The molecule has 2 aromatic rings. The number of hydrogen-bond donors (Lipinski definition) is 0. The first-order chi connectivity index (χ1) is 16.7. The van der Waals surface area contributed by atoms with Crippen LogP contribution in [-0.4, -0.2) is 47.5 Å². The summed E-state index contributed by atoms with van der Waals surface area (Å²) >= 11 is 0. The van der Waals surface area contributed by atoms with Crippen molar-refractivity contribution >= 4 is 23.4 Å². The lowest BCUT2D eigenvalue weighted by molar-refractivity contribution is -0.143. The molecule has 6 atom stereocenters. The molecule has 5 aliphatic rings. The highest BCUT2D eigenvalue weighted by Crippen LogP contribution is 2.65. The molecule has 0 saturated heterocycles. The third-order valence-electron chi connectivity index (χ3n) is 7.53. The van der Waals surface area contributed by atoms with E-state index in [9.17, 15) is 9.59 Å². The van der Waals surface area contributed by atoms with Gasteiger partial charge in [0, 0.05) is 36.1 Å². The first kappa shape index (κ1) is 20.7. The van der Waals surface area contributed by atoms with Gasteiger partial charge in [0.05, 0.1) is 48.2 Å². The van der Waals surface area contributed by atoms with Crippen molar-refractivity contribution in [2.75, 3.05) is 14.2 Å². The van der Waals surface area contributed by atoms with Crippen molar-refractivity contribution in [2.45, 2.75) is 0 Å². The average molecular weight is 454 g/mol. The van der Waals surface area contributed by atoms with Gasteiger partial charge < -0.3 is 9.47 Å². The number of esters is 2. The van der Waals surface area contributed by atoms with Crippen molar-refractivity contribution in [3.05, 3.63) is 83.5 Å². The SMILES string of the molecule is COC(=O)C1=C(C(=O)OC)C2C=CC1C1C3C(c4ccccn4)=NN=C(c4ccccn4)C3C21. The summed E-state index contributed by atoms with van der Waals surface area (Å²) in [5, 5.41) is 9.26. The summed E-state index contributed by atoms with van der Waals surface area (Å²) in [6, 6.07) is 11.4. The zero-order valence-corrected chi connectivity index (χ0v) is 18.7. The smallest absolute Gasteiger partial charge is 0.334 e. The number of fused-ring (bicyclic) bond motifs is 1. The number of methoxy groups -OCH3 is 2. The fourth-order valence-electron chi connectivity index (χ4n) is 6.30. The summed E-state index contributed by atoms with van der Waals surface area (Å²) in [5.41, 5.74) is 3.92. The molecule has 6 unspecified atom stereocenters. The third kappa shape index (κ3) is 2.77. The summed E-state index contributed by atoms with van der Waals surface area (Å²) in [7, 11) is 2.68.